The lowest BCUT2D eigenvalue weighted by Crippen LogP contribution is -2.22. The van der Waals surface area contributed by atoms with Crippen molar-refractivity contribution in [1.29, 1.82) is 0 Å². The Labute approximate surface area is 191 Å². The van der Waals surface area contributed by atoms with Crippen LogP contribution >= 0.6 is 0 Å². The molecule has 1 fully saturated rings. The van der Waals surface area contributed by atoms with E-state index in [1.807, 2.05) is 83.4 Å². The lowest BCUT2D eigenvalue weighted by atomic mass is 9.98. The van der Waals surface area contributed by atoms with Gasteiger partial charge in [-0.1, -0.05) is 60.7 Å². The second-order valence-electron chi connectivity index (χ2n) is 8.30. The standard InChI is InChI=1S/C27H23N3O3/c31-25-16-21(27(33)29-25)14-18-10-12-22(13-11-18)28-26(32)17-30-23-9-5-4-8-20(23)15-24(30)19-6-2-1-3-7-19/h1-13,15,21H,14,16-17H2,(H,28,32)(H,29,31,33). The van der Waals surface area contributed by atoms with Crippen LogP contribution in [0.5, 0.6) is 0 Å². The highest BCUT2D eigenvalue weighted by Gasteiger charge is 2.30. The normalized spacial score (nSPS) is 15.6. The summed E-state index contributed by atoms with van der Waals surface area (Å²) in [6.45, 7) is 0.184. The summed E-state index contributed by atoms with van der Waals surface area (Å²) in [7, 11) is 0. The zero-order chi connectivity index (χ0) is 22.8. The molecule has 1 aromatic heterocycles. The Morgan fingerprint density at radius 1 is 0.939 bits per heavy atom. The fourth-order valence-electron chi connectivity index (χ4n) is 4.35. The molecule has 1 unspecified atom stereocenters. The fourth-order valence-corrected chi connectivity index (χ4v) is 4.35. The lowest BCUT2D eigenvalue weighted by Gasteiger charge is -2.12. The minimum Gasteiger partial charge on any atom is -0.331 e. The van der Waals surface area contributed by atoms with Gasteiger partial charge in [0.2, 0.25) is 17.7 Å². The molecule has 6 nitrogen and oxygen atoms in total. The number of anilines is 1. The smallest absolute Gasteiger partial charge is 0.244 e. The molecule has 1 atom stereocenters. The van der Waals surface area contributed by atoms with Crippen LogP contribution in [0.1, 0.15) is 12.0 Å². The molecular formula is C27H23N3O3. The van der Waals surface area contributed by atoms with Crippen LogP contribution in [0.4, 0.5) is 5.69 Å². The van der Waals surface area contributed by atoms with Crippen LogP contribution < -0.4 is 10.6 Å². The third-order valence-corrected chi connectivity index (χ3v) is 5.97. The van der Waals surface area contributed by atoms with Crippen LogP contribution in [-0.2, 0) is 27.3 Å². The van der Waals surface area contributed by atoms with Crippen LogP contribution in [0, 0.1) is 5.92 Å². The Kier molecular flexibility index (Phi) is 5.48. The first-order chi connectivity index (χ1) is 16.1. The number of rotatable bonds is 6. The first kappa shape index (κ1) is 20.7. The molecule has 4 aromatic rings. The van der Waals surface area contributed by atoms with Crippen molar-refractivity contribution >= 4 is 34.3 Å². The van der Waals surface area contributed by atoms with Crippen molar-refractivity contribution in [3.8, 4) is 11.3 Å². The number of carbonyl (C=O) groups excluding carboxylic acids is 3. The van der Waals surface area contributed by atoms with Gasteiger partial charge in [0.1, 0.15) is 6.54 Å². The van der Waals surface area contributed by atoms with Crippen LogP contribution in [0.15, 0.2) is 84.9 Å². The monoisotopic (exact) mass is 437 g/mol. The van der Waals surface area contributed by atoms with Crippen molar-refractivity contribution in [1.82, 2.24) is 9.88 Å². The molecule has 3 amide bonds. The van der Waals surface area contributed by atoms with E-state index in [0.29, 0.717) is 12.1 Å². The van der Waals surface area contributed by atoms with Gasteiger partial charge in [-0.3, -0.25) is 19.7 Å². The molecule has 5 rings (SSSR count). The third kappa shape index (κ3) is 4.41. The van der Waals surface area contributed by atoms with Crippen molar-refractivity contribution < 1.29 is 14.4 Å². The average molecular weight is 437 g/mol. The molecule has 3 aromatic carbocycles. The number of para-hydroxylation sites is 1. The first-order valence-electron chi connectivity index (χ1n) is 10.9. The Balaban J connectivity index is 1.31. The Morgan fingerprint density at radius 3 is 2.39 bits per heavy atom. The van der Waals surface area contributed by atoms with Gasteiger partial charge >= 0.3 is 0 Å². The number of hydrogen-bond donors (Lipinski definition) is 2. The van der Waals surface area contributed by atoms with E-state index in [9.17, 15) is 14.4 Å². The zero-order valence-electron chi connectivity index (χ0n) is 18.0. The van der Waals surface area contributed by atoms with E-state index in [1.54, 1.807) is 0 Å². The number of amides is 3. The number of hydrogen-bond acceptors (Lipinski definition) is 3. The van der Waals surface area contributed by atoms with Gasteiger partial charge in [-0.05, 0) is 41.8 Å². The van der Waals surface area contributed by atoms with Crippen molar-refractivity contribution in [2.24, 2.45) is 5.92 Å². The molecule has 1 aliphatic rings. The van der Waals surface area contributed by atoms with Gasteiger partial charge in [0.05, 0.1) is 5.92 Å². The summed E-state index contributed by atoms with van der Waals surface area (Å²) in [5, 5.41) is 6.39. The van der Waals surface area contributed by atoms with Crippen LogP contribution in [0.3, 0.4) is 0 Å². The molecule has 0 aliphatic carbocycles. The maximum atomic E-state index is 12.9. The number of nitrogens with zero attached hydrogens (tertiary/aromatic N) is 1. The summed E-state index contributed by atoms with van der Waals surface area (Å²) in [4.78, 5) is 36.1. The topological polar surface area (TPSA) is 80.2 Å². The third-order valence-electron chi connectivity index (χ3n) is 5.97. The van der Waals surface area contributed by atoms with Gasteiger partial charge in [0.25, 0.3) is 0 Å². The summed E-state index contributed by atoms with van der Waals surface area (Å²) in [5.74, 6) is -0.884. The van der Waals surface area contributed by atoms with E-state index < -0.39 is 0 Å². The average Bonchev–Trinajstić information content (AvgIpc) is 3.34. The number of aromatic nitrogens is 1. The molecule has 0 spiro atoms. The molecule has 0 radical (unpaired) electrons. The molecule has 0 bridgehead atoms. The van der Waals surface area contributed by atoms with Crippen molar-refractivity contribution in [2.75, 3.05) is 5.32 Å². The highest BCUT2D eigenvalue weighted by molar-refractivity contribution is 6.03. The highest BCUT2D eigenvalue weighted by atomic mass is 16.2. The number of imide groups is 1. The number of nitrogens with one attached hydrogen (secondary N) is 2. The summed E-state index contributed by atoms with van der Waals surface area (Å²) in [6, 6.07) is 27.6. The van der Waals surface area contributed by atoms with E-state index in [0.717, 1.165) is 27.7 Å². The van der Waals surface area contributed by atoms with Crippen molar-refractivity contribution in [2.45, 2.75) is 19.4 Å². The lowest BCUT2D eigenvalue weighted by molar-refractivity contribution is -0.125. The molecule has 2 heterocycles. The van der Waals surface area contributed by atoms with E-state index in [4.69, 9.17) is 0 Å². The minimum absolute atomic E-state index is 0.123. The number of fused-ring (bicyclic) bond motifs is 1. The minimum atomic E-state index is -0.323. The second kappa shape index (κ2) is 8.74. The quantitative estimate of drug-likeness (QED) is 0.445. The molecular weight excluding hydrogens is 414 g/mol. The van der Waals surface area contributed by atoms with Gasteiger partial charge in [-0.25, -0.2) is 0 Å². The van der Waals surface area contributed by atoms with E-state index in [-0.39, 0.29) is 36.6 Å². The predicted octanol–water partition coefficient (Wildman–Crippen LogP) is 4.15. The molecule has 2 N–H and O–H groups in total. The van der Waals surface area contributed by atoms with Crippen LogP contribution in [-0.4, -0.2) is 22.3 Å². The summed E-state index contributed by atoms with van der Waals surface area (Å²) in [5.41, 5.74) is 4.69. The Morgan fingerprint density at radius 2 is 1.67 bits per heavy atom. The van der Waals surface area contributed by atoms with Gasteiger partial charge in [-0.15, -0.1) is 0 Å². The Hall–Kier alpha value is -4.19. The molecule has 1 aliphatic heterocycles. The van der Waals surface area contributed by atoms with Crippen molar-refractivity contribution in [3.05, 3.63) is 90.5 Å². The van der Waals surface area contributed by atoms with Crippen LogP contribution in [0.2, 0.25) is 0 Å². The first-order valence-corrected chi connectivity index (χ1v) is 10.9. The number of carbonyl (C=O) groups is 3. The maximum absolute atomic E-state index is 12.9. The molecule has 6 heteroatoms. The largest absolute Gasteiger partial charge is 0.331 e. The summed E-state index contributed by atoms with van der Waals surface area (Å²) >= 11 is 0. The van der Waals surface area contributed by atoms with E-state index in [2.05, 4.69) is 16.7 Å². The van der Waals surface area contributed by atoms with E-state index >= 15 is 0 Å². The molecule has 33 heavy (non-hydrogen) atoms. The second-order valence-corrected chi connectivity index (χ2v) is 8.30. The highest BCUT2D eigenvalue weighted by Crippen LogP contribution is 2.28. The maximum Gasteiger partial charge on any atom is 0.244 e. The van der Waals surface area contributed by atoms with Gasteiger partial charge in [-0.2, -0.15) is 0 Å². The van der Waals surface area contributed by atoms with Gasteiger partial charge in [0.15, 0.2) is 0 Å². The van der Waals surface area contributed by atoms with Crippen LogP contribution in [0.25, 0.3) is 22.2 Å². The van der Waals surface area contributed by atoms with E-state index in [1.165, 1.54) is 0 Å². The van der Waals surface area contributed by atoms with Gasteiger partial charge in [0, 0.05) is 28.7 Å². The predicted molar refractivity (Wildman–Crippen MR) is 127 cm³/mol. The molecule has 1 saturated heterocycles. The fraction of sp³-hybridized carbons (Fsp3) is 0.148. The molecule has 0 saturated carbocycles. The number of benzene rings is 3. The SMILES string of the molecule is O=C1CC(Cc2ccc(NC(=O)Cn3c(-c4ccccc4)cc4ccccc43)cc2)C(=O)N1. The summed E-state index contributed by atoms with van der Waals surface area (Å²) < 4.78 is 2.03. The van der Waals surface area contributed by atoms with Crippen molar-refractivity contribution in [3.63, 3.8) is 0 Å². The zero-order valence-corrected chi connectivity index (χ0v) is 18.0. The Bertz CT molecular complexity index is 1340. The molecule has 164 valence electrons. The summed E-state index contributed by atoms with van der Waals surface area (Å²) in [6.07, 6.45) is 0.730. The van der Waals surface area contributed by atoms with Gasteiger partial charge < -0.3 is 9.88 Å².